The predicted molar refractivity (Wildman–Crippen MR) is 124 cm³/mol. The maximum absolute atomic E-state index is 12.6. The third-order valence-electron chi connectivity index (χ3n) is 3.98. The van der Waals surface area contributed by atoms with Gasteiger partial charge in [-0.1, -0.05) is 17.8 Å². The largest absolute Gasteiger partial charge is 0.494 e. The van der Waals surface area contributed by atoms with Crippen LogP contribution in [0, 0.1) is 0 Å². The topological polar surface area (TPSA) is 134 Å². The van der Waals surface area contributed by atoms with E-state index < -0.39 is 9.84 Å². The number of hydrogen-bond donors (Lipinski definition) is 2. The summed E-state index contributed by atoms with van der Waals surface area (Å²) in [6.07, 6.45) is 1.16. The number of nitrogens with zero attached hydrogens (tertiary/aromatic N) is 2. The zero-order chi connectivity index (χ0) is 23.1. The van der Waals surface area contributed by atoms with Crippen LogP contribution in [-0.4, -0.2) is 43.3 Å². The minimum atomic E-state index is -3.78. The number of benzene rings is 1. The van der Waals surface area contributed by atoms with Crippen LogP contribution in [0.3, 0.4) is 0 Å². The van der Waals surface area contributed by atoms with E-state index in [1.54, 1.807) is 29.6 Å². The molecule has 0 radical (unpaired) electrons. The summed E-state index contributed by atoms with van der Waals surface area (Å²) in [5, 5.41) is 4.64. The van der Waals surface area contributed by atoms with E-state index in [1.807, 2.05) is 13.8 Å². The second-order valence-corrected chi connectivity index (χ2v) is 10.2. The van der Waals surface area contributed by atoms with Gasteiger partial charge in [0.15, 0.2) is 5.16 Å². The number of amides is 1. The molecule has 0 saturated carbocycles. The van der Waals surface area contributed by atoms with Crippen LogP contribution in [0.25, 0.3) is 0 Å². The Kier molecular flexibility index (Phi) is 7.94. The lowest BCUT2D eigenvalue weighted by molar-refractivity contribution is -0.113. The normalized spacial score (nSPS) is 11.2. The first kappa shape index (κ1) is 23.8. The van der Waals surface area contributed by atoms with Gasteiger partial charge in [0, 0.05) is 6.07 Å². The molecule has 0 aliphatic heterocycles. The lowest BCUT2D eigenvalue weighted by Crippen LogP contribution is -2.15. The fourth-order valence-electron chi connectivity index (χ4n) is 2.63. The summed E-state index contributed by atoms with van der Waals surface area (Å²) in [7, 11) is -3.78. The van der Waals surface area contributed by atoms with E-state index in [4.69, 9.17) is 15.2 Å². The first-order valence-electron chi connectivity index (χ1n) is 9.58. The van der Waals surface area contributed by atoms with Crippen molar-refractivity contribution in [1.82, 2.24) is 9.97 Å². The average molecular weight is 495 g/mol. The SMILES string of the molecule is CCOc1ccc(OCC)c(NC(=O)CSc2ncc(S(=O)(=O)c3cccs3)c(N)n2)c1. The van der Waals surface area contributed by atoms with Crippen LogP contribution in [0.2, 0.25) is 0 Å². The Morgan fingerprint density at radius 3 is 2.66 bits per heavy atom. The Morgan fingerprint density at radius 1 is 1.22 bits per heavy atom. The second kappa shape index (κ2) is 10.7. The number of thiophene rings is 1. The molecule has 0 fully saturated rings. The van der Waals surface area contributed by atoms with Crippen LogP contribution in [0.4, 0.5) is 11.5 Å². The lowest BCUT2D eigenvalue weighted by atomic mass is 10.2. The number of thioether (sulfide) groups is 1. The van der Waals surface area contributed by atoms with E-state index in [0.29, 0.717) is 30.4 Å². The fourth-order valence-corrected chi connectivity index (χ4v) is 5.63. The van der Waals surface area contributed by atoms with Gasteiger partial charge in [0.1, 0.15) is 26.4 Å². The smallest absolute Gasteiger partial charge is 0.234 e. The molecule has 0 aliphatic rings. The van der Waals surface area contributed by atoms with Gasteiger partial charge >= 0.3 is 0 Å². The van der Waals surface area contributed by atoms with Crippen LogP contribution in [0.5, 0.6) is 11.5 Å². The Bertz CT molecular complexity index is 1180. The monoisotopic (exact) mass is 494 g/mol. The predicted octanol–water partition coefficient (Wildman–Crippen LogP) is 3.48. The molecule has 0 atom stereocenters. The molecule has 3 rings (SSSR count). The van der Waals surface area contributed by atoms with E-state index in [2.05, 4.69) is 15.3 Å². The van der Waals surface area contributed by atoms with Gasteiger partial charge in [-0.3, -0.25) is 4.79 Å². The Hall–Kier alpha value is -2.83. The Balaban J connectivity index is 1.68. The minimum Gasteiger partial charge on any atom is -0.494 e. The molecular weight excluding hydrogens is 472 g/mol. The number of ether oxygens (including phenoxy) is 2. The van der Waals surface area contributed by atoms with Crippen molar-refractivity contribution in [2.75, 3.05) is 30.0 Å². The maximum Gasteiger partial charge on any atom is 0.234 e. The molecule has 0 bridgehead atoms. The van der Waals surface area contributed by atoms with Gasteiger partial charge in [0.25, 0.3) is 0 Å². The van der Waals surface area contributed by atoms with Gasteiger partial charge < -0.3 is 20.5 Å². The van der Waals surface area contributed by atoms with Crippen LogP contribution >= 0.6 is 23.1 Å². The first-order valence-corrected chi connectivity index (χ1v) is 12.9. The van der Waals surface area contributed by atoms with Crippen molar-refractivity contribution in [1.29, 1.82) is 0 Å². The standard InChI is InChI=1S/C20H22N4O5S3/c1-3-28-13-7-8-15(29-4-2)14(10-13)23-17(25)12-31-20-22-11-16(19(21)24-20)32(26,27)18-6-5-9-30-18/h5-11H,3-4,12H2,1-2H3,(H,23,25)(H2,21,22,24). The Labute approximate surface area is 194 Å². The fraction of sp³-hybridized carbons (Fsp3) is 0.250. The average Bonchev–Trinajstić information content (AvgIpc) is 3.30. The van der Waals surface area contributed by atoms with Crippen molar-refractivity contribution >= 4 is 50.3 Å². The van der Waals surface area contributed by atoms with Crippen molar-refractivity contribution in [2.45, 2.75) is 28.1 Å². The first-order chi connectivity index (χ1) is 15.3. The summed E-state index contributed by atoms with van der Waals surface area (Å²) in [5.41, 5.74) is 6.36. The van der Waals surface area contributed by atoms with Gasteiger partial charge in [-0.05, 0) is 37.4 Å². The van der Waals surface area contributed by atoms with Crippen molar-refractivity contribution in [2.24, 2.45) is 0 Å². The Morgan fingerprint density at radius 2 is 2.00 bits per heavy atom. The van der Waals surface area contributed by atoms with E-state index in [1.165, 1.54) is 6.07 Å². The second-order valence-electron chi connectivity index (χ2n) is 6.20. The summed E-state index contributed by atoms with van der Waals surface area (Å²) in [6, 6.07) is 8.31. The van der Waals surface area contributed by atoms with Crippen LogP contribution in [0.1, 0.15) is 13.8 Å². The van der Waals surface area contributed by atoms with E-state index in [0.717, 1.165) is 29.3 Å². The third kappa shape index (κ3) is 5.69. The highest BCUT2D eigenvalue weighted by Crippen LogP contribution is 2.31. The number of rotatable bonds is 10. The van der Waals surface area contributed by atoms with E-state index >= 15 is 0 Å². The quantitative estimate of drug-likeness (QED) is 0.321. The molecule has 1 amide bonds. The summed E-state index contributed by atoms with van der Waals surface area (Å²) in [5.74, 6) is 0.637. The zero-order valence-corrected chi connectivity index (χ0v) is 19.9. The molecule has 0 unspecified atom stereocenters. The van der Waals surface area contributed by atoms with Gasteiger partial charge in [0.05, 0.1) is 30.9 Å². The number of hydrogen-bond acceptors (Lipinski definition) is 10. The summed E-state index contributed by atoms with van der Waals surface area (Å²) in [4.78, 5) is 20.4. The molecule has 0 saturated heterocycles. The van der Waals surface area contributed by atoms with Gasteiger partial charge in [0.2, 0.25) is 15.7 Å². The van der Waals surface area contributed by atoms with Crippen LogP contribution in [0.15, 0.2) is 56.2 Å². The number of carbonyl (C=O) groups excluding carboxylic acids is 1. The van der Waals surface area contributed by atoms with Crippen molar-refractivity contribution < 1.29 is 22.7 Å². The summed E-state index contributed by atoms with van der Waals surface area (Å²) >= 11 is 2.12. The van der Waals surface area contributed by atoms with E-state index in [-0.39, 0.29) is 31.7 Å². The van der Waals surface area contributed by atoms with Crippen molar-refractivity contribution in [3.05, 3.63) is 41.9 Å². The number of aromatic nitrogens is 2. The van der Waals surface area contributed by atoms with Gasteiger partial charge in [-0.25, -0.2) is 18.4 Å². The molecule has 1 aromatic carbocycles. The van der Waals surface area contributed by atoms with Crippen molar-refractivity contribution in [3.8, 4) is 11.5 Å². The van der Waals surface area contributed by atoms with Crippen LogP contribution in [-0.2, 0) is 14.6 Å². The van der Waals surface area contributed by atoms with Crippen molar-refractivity contribution in [3.63, 3.8) is 0 Å². The number of anilines is 2. The van der Waals surface area contributed by atoms with Gasteiger partial charge in [-0.15, -0.1) is 11.3 Å². The number of nitrogen functional groups attached to an aromatic ring is 1. The molecule has 9 nitrogen and oxygen atoms in total. The van der Waals surface area contributed by atoms with E-state index in [9.17, 15) is 13.2 Å². The highest BCUT2D eigenvalue weighted by atomic mass is 32.2. The molecular formula is C20H22N4O5S3. The molecule has 2 aromatic heterocycles. The number of nitrogens with two attached hydrogens (primary N) is 1. The number of sulfone groups is 1. The third-order valence-corrected chi connectivity index (χ3v) is 8.01. The number of carbonyl (C=O) groups is 1. The molecule has 170 valence electrons. The minimum absolute atomic E-state index is 0.0130. The highest BCUT2D eigenvalue weighted by Gasteiger charge is 2.23. The molecule has 0 spiro atoms. The highest BCUT2D eigenvalue weighted by molar-refractivity contribution is 7.99. The summed E-state index contributed by atoms with van der Waals surface area (Å²) in [6.45, 7) is 4.66. The van der Waals surface area contributed by atoms with Gasteiger partial charge in [-0.2, -0.15) is 0 Å². The molecule has 32 heavy (non-hydrogen) atoms. The lowest BCUT2D eigenvalue weighted by Gasteiger charge is -2.13. The zero-order valence-electron chi connectivity index (χ0n) is 17.4. The molecule has 3 aromatic rings. The molecule has 12 heteroatoms. The molecule has 3 N–H and O–H groups in total. The maximum atomic E-state index is 12.6. The van der Waals surface area contributed by atoms with Crippen LogP contribution < -0.4 is 20.5 Å². The molecule has 2 heterocycles. The summed E-state index contributed by atoms with van der Waals surface area (Å²) < 4.78 is 36.4. The molecule has 0 aliphatic carbocycles. The number of nitrogens with one attached hydrogen (secondary N) is 1.